The SMILES string of the molecule is CC(c1ccc(C2(C#N)CC2)cc1F)N1C[C@H](C)N(c2cc(=O)n(C)c3ccc(C#N)nc23)C[C@H]1C. The molecule has 0 spiro atoms. The van der Waals surface area contributed by atoms with Crippen LogP contribution in [0.4, 0.5) is 10.1 Å². The number of benzene rings is 1. The Morgan fingerprint density at radius 3 is 2.50 bits per heavy atom. The van der Waals surface area contributed by atoms with Gasteiger partial charge in [-0.1, -0.05) is 12.1 Å². The first kappa shape index (κ1) is 24.0. The van der Waals surface area contributed by atoms with Gasteiger partial charge in [0.05, 0.1) is 22.7 Å². The van der Waals surface area contributed by atoms with Crippen molar-refractivity contribution in [2.45, 2.75) is 57.2 Å². The number of fused-ring (bicyclic) bond motifs is 1. The topological polar surface area (TPSA) is 89.0 Å². The highest BCUT2D eigenvalue weighted by molar-refractivity contribution is 5.89. The molecule has 7 nitrogen and oxygen atoms in total. The molecule has 8 heteroatoms. The van der Waals surface area contributed by atoms with Crippen LogP contribution in [0.15, 0.2) is 41.2 Å². The van der Waals surface area contributed by atoms with Crippen molar-refractivity contribution in [1.82, 2.24) is 14.5 Å². The fraction of sp³-hybridized carbons (Fsp3) is 0.429. The van der Waals surface area contributed by atoms with Gasteiger partial charge in [-0.2, -0.15) is 10.5 Å². The summed E-state index contributed by atoms with van der Waals surface area (Å²) in [5, 5.41) is 18.8. The summed E-state index contributed by atoms with van der Waals surface area (Å²) < 4.78 is 16.8. The van der Waals surface area contributed by atoms with Crippen molar-refractivity contribution < 1.29 is 4.39 Å². The molecule has 3 heterocycles. The molecule has 3 atom stereocenters. The molecule has 1 aliphatic carbocycles. The van der Waals surface area contributed by atoms with Gasteiger partial charge in [0.25, 0.3) is 5.56 Å². The molecule has 1 aromatic carbocycles. The maximum absolute atomic E-state index is 15.2. The first-order valence-corrected chi connectivity index (χ1v) is 12.3. The second-order valence-corrected chi connectivity index (χ2v) is 10.3. The number of hydrogen-bond acceptors (Lipinski definition) is 6. The molecule has 2 aliphatic rings. The first-order valence-electron chi connectivity index (χ1n) is 12.3. The van der Waals surface area contributed by atoms with E-state index in [2.05, 4.69) is 40.8 Å². The molecular weight excluding hydrogens is 455 g/mol. The van der Waals surface area contributed by atoms with Crippen LogP contribution < -0.4 is 10.5 Å². The van der Waals surface area contributed by atoms with Crippen LogP contribution in [-0.2, 0) is 12.5 Å². The van der Waals surface area contributed by atoms with Crippen molar-refractivity contribution in [3.8, 4) is 12.1 Å². The largest absolute Gasteiger partial charge is 0.364 e. The fourth-order valence-corrected chi connectivity index (χ4v) is 5.55. The Bertz CT molecular complexity index is 1490. The second kappa shape index (κ2) is 8.72. The van der Waals surface area contributed by atoms with E-state index in [4.69, 9.17) is 0 Å². The number of halogens is 1. The van der Waals surface area contributed by atoms with Crippen molar-refractivity contribution in [3.05, 3.63) is 69.4 Å². The zero-order valence-corrected chi connectivity index (χ0v) is 21.0. The van der Waals surface area contributed by atoms with Crippen molar-refractivity contribution in [3.63, 3.8) is 0 Å². The summed E-state index contributed by atoms with van der Waals surface area (Å²) >= 11 is 0. The van der Waals surface area contributed by atoms with Crippen molar-refractivity contribution in [2.24, 2.45) is 7.05 Å². The van der Waals surface area contributed by atoms with E-state index >= 15 is 4.39 Å². The molecule has 2 fully saturated rings. The van der Waals surface area contributed by atoms with Gasteiger partial charge in [-0.25, -0.2) is 9.37 Å². The Hall–Kier alpha value is -3.75. The van der Waals surface area contributed by atoms with Gasteiger partial charge in [-0.05, 0) is 57.4 Å². The molecule has 184 valence electrons. The van der Waals surface area contributed by atoms with Crippen molar-refractivity contribution in [1.29, 1.82) is 10.5 Å². The van der Waals surface area contributed by atoms with E-state index in [-0.39, 0.29) is 29.5 Å². The Kier molecular flexibility index (Phi) is 5.81. The smallest absolute Gasteiger partial charge is 0.252 e. The van der Waals surface area contributed by atoms with Crippen LogP contribution in [0.3, 0.4) is 0 Å². The Labute approximate surface area is 210 Å². The lowest BCUT2D eigenvalue weighted by Gasteiger charge is -2.47. The van der Waals surface area contributed by atoms with Crippen molar-refractivity contribution >= 4 is 16.7 Å². The average molecular weight is 485 g/mol. The minimum atomic E-state index is -0.509. The quantitative estimate of drug-likeness (QED) is 0.553. The van der Waals surface area contributed by atoms with E-state index in [0.717, 1.165) is 24.1 Å². The standard InChI is InChI=1S/C28H29FN6O/c1-17-15-35(25-12-26(36)33(4)24-8-6-21(13-30)32-27(24)25)18(2)14-34(17)19(3)22-7-5-20(11-23(22)29)28(16-31)9-10-28/h5-8,11-12,17-19H,9-10,14-15H2,1-4H3/t17-,18+,19?/m1/s1. The molecule has 5 rings (SSSR count). The molecule has 1 saturated heterocycles. The summed E-state index contributed by atoms with van der Waals surface area (Å²) in [6.45, 7) is 7.51. The number of hydrogen-bond donors (Lipinski definition) is 0. The molecule has 1 unspecified atom stereocenters. The number of pyridine rings is 2. The van der Waals surface area contributed by atoms with Crippen LogP contribution in [0.25, 0.3) is 11.0 Å². The molecule has 0 bridgehead atoms. The van der Waals surface area contributed by atoms with E-state index in [1.807, 2.05) is 19.1 Å². The molecule has 36 heavy (non-hydrogen) atoms. The fourth-order valence-electron chi connectivity index (χ4n) is 5.55. The van der Waals surface area contributed by atoms with Gasteiger partial charge in [-0.3, -0.25) is 9.69 Å². The van der Waals surface area contributed by atoms with Crippen LogP contribution in [-0.4, -0.2) is 39.6 Å². The lowest BCUT2D eigenvalue weighted by atomic mass is 9.93. The number of nitriles is 2. The number of piperazine rings is 1. The number of nitrogens with zero attached hydrogens (tertiary/aromatic N) is 6. The zero-order valence-electron chi connectivity index (χ0n) is 21.0. The summed E-state index contributed by atoms with van der Waals surface area (Å²) in [6, 6.07) is 14.6. The molecule has 0 radical (unpaired) electrons. The molecular formula is C28H29FN6O. The van der Waals surface area contributed by atoms with E-state index in [9.17, 15) is 15.3 Å². The summed E-state index contributed by atoms with van der Waals surface area (Å²) in [4.78, 5) is 21.7. The molecule has 0 N–H and O–H groups in total. The molecule has 3 aromatic rings. The summed E-state index contributed by atoms with van der Waals surface area (Å²) in [6.07, 6.45) is 1.58. The van der Waals surface area contributed by atoms with Crippen LogP contribution in [0, 0.1) is 28.5 Å². The van der Waals surface area contributed by atoms with Gasteiger partial charge >= 0.3 is 0 Å². The summed E-state index contributed by atoms with van der Waals surface area (Å²) in [7, 11) is 1.70. The number of aromatic nitrogens is 2. The van der Waals surface area contributed by atoms with Gasteiger partial charge in [0.15, 0.2) is 0 Å². The Morgan fingerprint density at radius 1 is 1.11 bits per heavy atom. The van der Waals surface area contributed by atoms with Gasteiger partial charge < -0.3 is 9.47 Å². The summed E-state index contributed by atoms with van der Waals surface area (Å²) in [5.41, 5.74) is 3.09. The number of aryl methyl sites for hydroxylation is 1. The van der Waals surface area contributed by atoms with Gasteiger partial charge in [0, 0.05) is 49.9 Å². The maximum Gasteiger partial charge on any atom is 0.252 e. The van der Waals surface area contributed by atoms with Gasteiger partial charge in [0.1, 0.15) is 23.1 Å². The highest BCUT2D eigenvalue weighted by atomic mass is 19.1. The predicted molar refractivity (Wildman–Crippen MR) is 136 cm³/mol. The predicted octanol–water partition coefficient (Wildman–Crippen LogP) is 4.16. The molecule has 2 aromatic heterocycles. The summed E-state index contributed by atoms with van der Waals surface area (Å²) in [5.74, 6) is -0.269. The molecule has 0 amide bonds. The van der Waals surface area contributed by atoms with Crippen LogP contribution in [0.1, 0.15) is 56.5 Å². The van der Waals surface area contributed by atoms with Gasteiger partial charge in [0.2, 0.25) is 0 Å². The van der Waals surface area contributed by atoms with E-state index in [1.165, 1.54) is 6.07 Å². The first-order chi connectivity index (χ1) is 17.2. The highest BCUT2D eigenvalue weighted by Gasteiger charge is 2.45. The third kappa shape index (κ3) is 3.83. The van der Waals surface area contributed by atoms with Gasteiger partial charge in [-0.15, -0.1) is 0 Å². The van der Waals surface area contributed by atoms with Crippen molar-refractivity contribution in [2.75, 3.05) is 18.0 Å². The van der Waals surface area contributed by atoms with E-state index in [1.54, 1.807) is 29.8 Å². The minimum absolute atomic E-state index is 0.0298. The lowest BCUT2D eigenvalue weighted by Crippen LogP contribution is -2.57. The molecule has 1 saturated carbocycles. The minimum Gasteiger partial charge on any atom is -0.364 e. The maximum atomic E-state index is 15.2. The normalized spacial score (nSPS) is 22.1. The third-order valence-corrected chi connectivity index (χ3v) is 7.99. The lowest BCUT2D eigenvalue weighted by molar-refractivity contribution is 0.117. The van der Waals surface area contributed by atoms with Crippen LogP contribution in [0.5, 0.6) is 0 Å². The second-order valence-electron chi connectivity index (χ2n) is 10.3. The van der Waals surface area contributed by atoms with Crippen LogP contribution in [0.2, 0.25) is 0 Å². The molecule has 1 aliphatic heterocycles. The van der Waals surface area contributed by atoms with E-state index in [0.29, 0.717) is 35.4 Å². The average Bonchev–Trinajstić information content (AvgIpc) is 3.68. The zero-order chi connectivity index (χ0) is 25.8. The Balaban J connectivity index is 1.44. The highest BCUT2D eigenvalue weighted by Crippen LogP contribution is 2.48. The number of rotatable bonds is 4. The number of anilines is 1. The third-order valence-electron chi connectivity index (χ3n) is 7.99. The Morgan fingerprint density at radius 2 is 1.86 bits per heavy atom. The van der Waals surface area contributed by atoms with E-state index < -0.39 is 5.41 Å². The van der Waals surface area contributed by atoms with Crippen LogP contribution >= 0.6 is 0 Å². The monoisotopic (exact) mass is 484 g/mol.